The molecule has 1 aliphatic rings. The SMILES string of the molecule is O=C1NN(c2ccccc2)C(=O)/C1=C\c1cc([N+](=O)[O-])ccc1Oc1ccc([N+](=O)[O-])cn1. The zero-order chi connectivity index (χ0) is 23.5. The minimum absolute atomic E-state index is 0.0257. The first kappa shape index (κ1) is 21.1. The largest absolute Gasteiger partial charge is 0.438 e. The molecular formula is C21H13N5O7. The van der Waals surface area contributed by atoms with Crippen LogP contribution in [0.4, 0.5) is 17.1 Å². The van der Waals surface area contributed by atoms with Gasteiger partial charge in [-0.1, -0.05) is 18.2 Å². The van der Waals surface area contributed by atoms with Gasteiger partial charge in [0, 0.05) is 29.8 Å². The standard InChI is InChI=1S/C21H13N5O7/c27-20-17(21(28)24(23-20)14-4-2-1-3-5-14)11-13-10-15(25(29)30)6-8-18(13)33-19-9-7-16(12-22-19)26(31)32/h1-12H,(H,23,27)/b17-11-. The normalized spacial score (nSPS) is 14.3. The van der Waals surface area contributed by atoms with Gasteiger partial charge in [-0.15, -0.1) is 0 Å². The number of hydrazine groups is 1. The van der Waals surface area contributed by atoms with Gasteiger partial charge in [0.15, 0.2) is 0 Å². The summed E-state index contributed by atoms with van der Waals surface area (Å²) in [4.78, 5) is 49.9. The number of hydrogen-bond donors (Lipinski definition) is 1. The van der Waals surface area contributed by atoms with Gasteiger partial charge < -0.3 is 4.74 Å². The molecule has 164 valence electrons. The number of benzene rings is 2. The molecule has 4 rings (SSSR count). The average Bonchev–Trinajstić information content (AvgIpc) is 3.09. The highest BCUT2D eigenvalue weighted by molar-refractivity contribution is 6.31. The zero-order valence-corrected chi connectivity index (χ0v) is 16.6. The van der Waals surface area contributed by atoms with Crippen molar-refractivity contribution in [1.82, 2.24) is 10.4 Å². The Morgan fingerprint density at radius 1 is 0.939 bits per heavy atom. The van der Waals surface area contributed by atoms with E-state index in [1.54, 1.807) is 30.3 Å². The Balaban J connectivity index is 1.71. The molecule has 1 saturated heterocycles. The number of nitrogens with zero attached hydrogens (tertiary/aromatic N) is 4. The summed E-state index contributed by atoms with van der Waals surface area (Å²) in [5, 5.41) is 23.1. The molecule has 0 aliphatic carbocycles. The minimum atomic E-state index is -0.699. The van der Waals surface area contributed by atoms with E-state index in [1.165, 1.54) is 30.3 Å². The van der Waals surface area contributed by atoms with Crippen LogP contribution >= 0.6 is 0 Å². The van der Waals surface area contributed by atoms with Crippen molar-refractivity contribution in [2.45, 2.75) is 0 Å². The molecule has 3 aromatic rings. The van der Waals surface area contributed by atoms with E-state index in [0.29, 0.717) is 5.69 Å². The topological polar surface area (TPSA) is 158 Å². The maximum Gasteiger partial charge on any atom is 0.287 e. The summed E-state index contributed by atoms with van der Waals surface area (Å²) in [6, 6.07) is 14.4. The van der Waals surface area contributed by atoms with Crippen LogP contribution in [0.3, 0.4) is 0 Å². The smallest absolute Gasteiger partial charge is 0.287 e. The molecule has 0 unspecified atom stereocenters. The van der Waals surface area contributed by atoms with Crippen molar-refractivity contribution in [3.05, 3.63) is 98.2 Å². The van der Waals surface area contributed by atoms with Crippen molar-refractivity contribution >= 4 is 35.0 Å². The monoisotopic (exact) mass is 447 g/mol. The number of para-hydroxylation sites is 1. The lowest BCUT2D eigenvalue weighted by Gasteiger charge is -2.13. The lowest BCUT2D eigenvalue weighted by molar-refractivity contribution is -0.385. The molecule has 0 spiro atoms. The fourth-order valence-corrected chi connectivity index (χ4v) is 2.98. The lowest BCUT2D eigenvalue weighted by Crippen LogP contribution is -2.35. The van der Waals surface area contributed by atoms with Crippen molar-refractivity contribution in [1.29, 1.82) is 0 Å². The Bertz CT molecular complexity index is 1310. The molecule has 12 nitrogen and oxygen atoms in total. The Kier molecular flexibility index (Phi) is 5.47. The van der Waals surface area contributed by atoms with Gasteiger partial charge in [0.05, 0.1) is 15.5 Å². The zero-order valence-electron chi connectivity index (χ0n) is 16.6. The van der Waals surface area contributed by atoms with Crippen molar-refractivity contribution < 1.29 is 24.2 Å². The molecule has 33 heavy (non-hydrogen) atoms. The second-order valence-electron chi connectivity index (χ2n) is 6.67. The number of nitro benzene ring substituents is 1. The number of pyridine rings is 1. The Morgan fingerprint density at radius 2 is 1.64 bits per heavy atom. The van der Waals surface area contributed by atoms with Crippen molar-refractivity contribution in [2.75, 3.05) is 5.01 Å². The number of rotatable bonds is 6. The van der Waals surface area contributed by atoms with Crippen LogP contribution in [0.25, 0.3) is 6.08 Å². The van der Waals surface area contributed by atoms with Gasteiger partial charge in [-0.25, -0.2) is 9.99 Å². The molecule has 1 aliphatic heterocycles. The molecule has 0 radical (unpaired) electrons. The van der Waals surface area contributed by atoms with Crippen LogP contribution in [-0.4, -0.2) is 26.6 Å². The molecule has 2 amide bonds. The first-order valence-electron chi connectivity index (χ1n) is 9.32. The molecule has 1 fully saturated rings. The summed E-state index contributed by atoms with van der Waals surface area (Å²) in [5.41, 5.74) is 2.14. The summed E-state index contributed by atoms with van der Waals surface area (Å²) in [5.74, 6) is -1.33. The maximum atomic E-state index is 12.8. The van der Waals surface area contributed by atoms with Crippen LogP contribution in [0.5, 0.6) is 11.6 Å². The third-order valence-electron chi connectivity index (χ3n) is 4.56. The quantitative estimate of drug-likeness (QED) is 0.261. The second kappa shape index (κ2) is 8.55. The number of nitrogens with one attached hydrogen (secondary N) is 1. The summed E-state index contributed by atoms with van der Waals surface area (Å²) >= 11 is 0. The molecule has 12 heteroatoms. The van der Waals surface area contributed by atoms with Crippen LogP contribution < -0.4 is 15.2 Å². The van der Waals surface area contributed by atoms with Crippen molar-refractivity contribution in [2.24, 2.45) is 0 Å². The third-order valence-corrected chi connectivity index (χ3v) is 4.56. The van der Waals surface area contributed by atoms with Gasteiger partial charge in [0.25, 0.3) is 23.2 Å². The van der Waals surface area contributed by atoms with Gasteiger partial charge in [-0.3, -0.25) is 35.2 Å². The Labute approximate surface area is 185 Å². The van der Waals surface area contributed by atoms with E-state index in [2.05, 4.69) is 10.4 Å². The van der Waals surface area contributed by atoms with E-state index in [0.717, 1.165) is 17.3 Å². The van der Waals surface area contributed by atoms with E-state index in [4.69, 9.17) is 4.74 Å². The summed E-state index contributed by atoms with van der Waals surface area (Å²) in [6.07, 6.45) is 2.17. The van der Waals surface area contributed by atoms with Gasteiger partial charge in [0.1, 0.15) is 17.5 Å². The van der Waals surface area contributed by atoms with E-state index >= 15 is 0 Å². The number of nitro groups is 2. The fraction of sp³-hybridized carbons (Fsp3) is 0. The first-order chi connectivity index (χ1) is 15.8. The molecule has 0 atom stereocenters. The molecule has 1 N–H and O–H groups in total. The van der Waals surface area contributed by atoms with Crippen LogP contribution in [0.15, 0.2) is 72.4 Å². The molecular weight excluding hydrogens is 434 g/mol. The van der Waals surface area contributed by atoms with Crippen LogP contribution in [0, 0.1) is 20.2 Å². The minimum Gasteiger partial charge on any atom is -0.438 e. The van der Waals surface area contributed by atoms with Crippen molar-refractivity contribution in [3.63, 3.8) is 0 Å². The van der Waals surface area contributed by atoms with E-state index < -0.39 is 21.7 Å². The number of amides is 2. The van der Waals surface area contributed by atoms with Gasteiger partial charge in [-0.05, 0) is 24.3 Å². The predicted molar refractivity (Wildman–Crippen MR) is 114 cm³/mol. The van der Waals surface area contributed by atoms with Gasteiger partial charge in [0.2, 0.25) is 5.88 Å². The summed E-state index contributed by atoms with van der Waals surface area (Å²) < 4.78 is 5.61. The fourth-order valence-electron chi connectivity index (χ4n) is 2.98. The molecule has 2 aromatic carbocycles. The number of hydrogen-bond acceptors (Lipinski definition) is 8. The van der Waals surface area contributed by atoms with E-state index in [1.807, 2.05) is 0 Å². The summed E-state index contributed by atoms with van der Waals surface area (Å²) in [7, 11) is 0. The number of anilines is 1. The average molecular weight is 447 g/mol. The van der Waals surface area contributed by atoms with Crippen LogP contribution in [-0.2, 0) is 9.59 Å². The Morgan fingerprint density at radius 3 is 2.27 bits per heavy atom. The van der Waals surface area contributed by atoms with Gasteiger partial charge in [-0.2, -0.15) is 0 Å². The van der Waals surface area contributed by atoms with Crippen LogP contribution in [0.1, 0.15) is 5.56 Å². The highest BCUT2D eigenvalue weighted by Gasteiger charge is 2.34. The number of carbonyl (C=O) groups excluding carboxylic acids is 2. The number of aromatic nitrogens is 1. The van der Waals surface area contributed by atoms with Gasteiger partial charge >= 0.3 is 0 Å². The lowest BCUT2D eigenvalue weighted by atomic mass is 10.1. The third kappa shape index (κ3) is 4.34. The Hall–Kier alpha value is -5.13. The maximum absolute atomic E-state index is 12.8. The number of ether oxygens (including phenoxy) is 1. The first-order valence-corrected chi connectivity index (χ1v) is 9.32. The predicted octanol–water partition coefficient (Wildman–Crippen LogP) is 3.15. The second-order valence-corrected chi connectivity index (χ2v) is 6.67. The number of carbonyl (C=O) groups is 2. The molecule has 2 heterocycles. The highest BCUT2D eigenvalue weighted by Crippen LogP contribution is 2.31. The molecule has 0 bridgehead atoms. The number of non-ortho nitro benzene ring substituents is 1. The highest BCUT2D eigenvalue weighted by atomic mass is 16.6. The molecule has 1 aromatic heterocycles. The van der Waals surface area contributed by atoms with E-state index in [9.17, 15) is 29.8 Å². The summed E-state index contributed by atoms with van der Waals surface area (Å²) in [6.45, 7) is 0. The van der Waals surface area contributed by atoms with E-state index in [-0.39, 0.29) is 34.1 Å². The van der Waals surface area contributed by atoms with Crippen LogP contribution in [0.2, 0.25) is 0 Å². The van der Waals surface area contributed by atoms with Crippen molar-refractivity contribution in [3.8, 4) is 11.6 Å². The molecule has 0 saturated carbocycles.